The van der Waals surface area contributed by atoms with E-state index in [1.165, 1.54) is 22.4 Å². The van der Waals surface area contributed by atoms with Gasteiger partial charge in [-0.2, -0.15) is 0 Å². The lowest BCUT2D eigenvalue weighted by molar-refractivity contribution is 0.669. The van der Waals surface area contributed by atoms with E-state index in [1.807, 2.05) is 12.1 Å². The molecule has 1 aromatic heterocycles. The van der Waals surface area contributed by atoms with Crippen LogP contribution in [0.25, 0.3) is 44.2 Å². The molecule has 0 bridgehead atoms. The van der Waals surface area contributed by atoms with E-state index in [9.17, 15) is 0 Å². The van der Waals surface area contributed by atoms with Crippen LogP contribution >= 0.6 is 0 Å². The van der Waals surface area contributed by atoms with Gasteiger partial charge in [0, 0.05) is 34.8 Å². The van der Waals surface area contributed by atoms with Gasteiger partial charge < -0.3 is 9.32 Å². The molecule has 0 saturated heterocycles. The predicted molar refractivity (Wildman–Crippen MR) is 139 cm³/mol. The van der Waals surface area contributed by atoms with Gasteiger partial charge in [0.1, 0.15) is 11.2 Å². The fraction of sp³-hybridized carbons (Fsp3) is 0.0323. The van der Waals surface area contributed by atoms with Crippen molar-refractivity contribution in [2.45, 2.75) is 0 Å². The van der Waals surface area contributed by atoms with Crippen LogP contribution in [-0.2, 0) is 0 Å². The van der Waals surface area contributed by atoms with E-state index < -0.39 is 0 Å². The van der Waals surface area contributed by atoms with Crippen molar-refractivity contribution in [1.29, 1.82) is 0 Å². The van der Waals surface area contributed by atoms with Crippen LogP contribution in [0.2, 0.25) is 0 Å². The Morgan fingerprint density at radius 3 is 2.03 bits per heavy atom. The summed E-state index contributed by atoms with van der Waals surface area (Å²) in [5, 5.41) is 2.32. The smallest absolute Gasteiger partial charge is 0.136 e. The van der Waals surface area contributed by atoms with E-state index in [4.69, 9.17) is 4.42 Å². The van der Waals surface area contributed by atoms with Gasteiger partial charge in [-0.25, -0.2) is 0 Å². The SMILES string of the molecule is CN(c1ccc(-c2ccc3c(c2)oc2ccccc23)cc1)c1ccccc1-c1ccccc1. The Morgan fingerprint density at radius 2 is 1.18 bits per heavy atom. The molecule has 0 amide bonds. The van der Waals surface area contributed by atoms with Crippen LogP contribution < -0.4 is 4.90 Å². The molecule has 0 spiro atoms. The zero-order chi connectivity index (χ0) is 22.2. The van der Waals surface area contributed by atoms with Gasteiger partial charge in [-0.05, 0) is 53.1 Å². The number of fused-ring (bicyclic) bond motifs is 3. The van der Waals surface area contributed by atoms with Gasteiger partial charge >= 0.3 is 0 Å². The first-order valence-electron chi connectivity index (χ1n) is 11.2. The Morgan fingerprint density at radius 1 is 0.515 bits per heavy atom. The summed E-state index contributed by atoms with van der Waals surface area (Å²) in [4.78, 5) is 2.24. The monoisotopic (exact) mass is 425 g/mol. The van der Waals surface area contributed by atoms with Crippen LogP contribution in [0.15, 0.2) is 126 Å². The lowest BCUT2D eigenvalue weighted by Gasteiger charge is -2.23. The van der Waals surface area contributed by atoms with Crippen molar-refractivity contribution in [3.05, 3.63) is 121 Å². The van der Waals surface area contributed by atoms with Crippen LogP contribution in [0.4, 0.5) is 11.4 Å². The molecule has 158 valence electrons. The molecule has 6 rings (SSSR count). The average molecular weight is 426 g/mol. The molecule has 2 heteroatoms. The fourth-order valence-electron chi connectivity index (χ4n) is 4.55. The third-order valence-corrected chi connectivity index (χ3v) is 6.32. The van der Waals surface area contributed by atoms with Crippen LogP contribution in [0.5, 0.6) is 0 Å². The summed E-state index contributed by atoms with van der Waals surface area (Å²) < 4.78 is 6.08. The molecule has 0 N–H and O–H groups in total. The highest BCUT2D eigenvalue weighted by atomic mass is 16.3. The number of hydrogen-bond acceptors (Lipinski definition) is 2. The van der Waals surface area contributed by atoms with E-state index in [1.54, 1.807) is 0 Å². The maximum Gasteiger partial charge on any atom is 0.136 e. The number of para-hydroxylation sites is 2. The highest BCUT2D eigenvalue weighted by Gasteiger charge is 2.12. The summed E-state index contributed by atoms with van der Waals surface area (Å²) >= 11 is 0. The first-order valence-corrected chi connectivity index (χ1v) is 11.2. The quantitative estimate of drug-likeness (QED) is 0.281. The van der Waals surface area contributed by atoms with Gasteiger partial charge in [0.2, 0.25) is 0 Å². The zero-order valence-corrected chi connectivity index (χ0v) is 18.4. The number of anilines is 2. The van der Waals surface area contributed by atoms with Crippen molar-refractivity contribution in [2.24, 2.45) is 0 Å². The molecular weight excluding hydrogens is 402 g/mol. The Balaban J connectivity index is 1.34. The molecule has 6 aromatic rings. The maximum atomic E-state index is 6.08. The molecule has 0 aliphatic rings. The number of furan rings is 1. The molecule has 0 unspecified atom stereocenters. The first kappa shape index (κ1) is 19.4. The molecule has 1 heterocycles. The molecule has 0 radical (unpaired) electrons. The second-order valence-electron chi connectivity index (χ2n) is 8.30. The van der Waals surface area contributed by atoms with Crippen LogP contribution in [-0.4, -0.2) is 7.05 Å². The topological polar surface area (TPSA) is 16.4 Å². The highest BCUT2D eigenvalue weighted by Crippen LogP contribution is 2.36. The summed E-state index contributed by atoms with van der Waals surface area (Å²) in [5.41, 5.74) is 8.94. The largest absolute Gasteiger partial charge is 0.456 e. The Hall–Kier alpha value is -4.30. The summed E-state index contributed by atoms with van der Waals surface area (Å²) in [6.07, 6.45) is 0. The third-order valence-electron chi connectivity index (χ3n) is 6.32. The average Bonchev–Trinajstić information content (AvgIpc) is 3.27. The van der Waals surface area contributed by atoms with E-state index in [2.05, 4.69) is 121 Å². The lowest BCUT2D eigenvalue weighted by Crippen LogP contribution is -2.10. The minimum absolute atomic E-state index is 0.923. The second kappa shape index (κ2) is 7.99. The van der Waals surface area contributed by atoms with E-state index in [0.717, 1.165) is 33.2 Å². The van der Waals surface area contributed by atoms with Gasteiger partial charge in [0.25, 0.3) is 0 Å². The Bertz CT molecular complexity index is 1560. The number of benzene rings is 5. The third kappa shape index (κ3) is 3.46. The van der Waals surface area contributed by atoms with Crippen LogP contribution in [0, 0.1) is 0 Å². The molecule has 2 nitrogen and oxygen atoms in total. The lowest BCUT2D eigenvalue weighted by atomic mass is 10.0. The summed E-state index contributed by atoms with van der Waals surface area (Å²) in [5.74, 6) is 0. The Kier molecular flexibility index (Phi) is 4.70. The van der Waals surface area contributed by atoms with Gasteiger partial charge in [-0.15, -0.1) is 0 Å². The van der Waals surface area contributed by atoms with Gasteiger partial charge in [-0.3, -0.25) is 0 Å². The van der Waals surface area contributed by atoms with Crippen molar-refractivity contribution >= 4 is 33.3 Å². The molecule has 0 aliphatic heterocycles. The van der Waals surface area contributed by atoms with Crippen LogP contribution in [0.3, 0.4) is 0 Å². The number of rotatable bonds is 4. The first-order chi connectivity index (χ1) is 16.3. The fourth-order valence-corrected chi connectivity index (χ4v) is 4.55. The van der Waals surface area contributed by atoms with Crippen molar-refractivity contribution in [3.8, 4) is 22.3 Å². The molecule has 0 saturated carbocycles. The molecule has 0 aliphatic carbocycles. The zero-order valence-electron chi connectivity index (χ0n) is 18.4. The summed E-state index contributed by atoms with van der Waals surface area (Å²) in [7, 11) is 2.12. The minimum atomic E-state index is 0.923. The molecular formula is C31H23NO. The minimum Gasteiger partial charge on any atom is -0.456 e. The van der Waals surface area contributed by atoms with Crippen molar-refractivity contribution in [2.75, 3.05) is 11.9 Å². The van der Waals surface area contributed by atoms with E-state index >= 15 is 0 Å². The summed E-state index contributed by atoms with van der Waals surface area (Å²) in [6, 6.07) is 42.5. The predicted octanol–water partition coefficient (Wildman–Crippen LogP) is 8.69. The Labute approximate surface area is 193 Å². The van der Waals surface area contributed by atoms with Gasteiger partial charge in [0.15, 0.2) is 0 Å². The second-order valence-corrected chi connectivity index (χ2v) is 8.30. The number of nitrogens with zero attached hydrogens (tertiary/aromatic N) is 1. The molecule has 0 atom stereocenters. The standard InChI is InChI=1S/C31H23NO/c1-32(29-13-7-5-11-26(29)23-9-3-2-4-10-23)25-18-15-22(16-19-25)24-17-20-28-27-12-6-8-14-30(27)33-31(28)21-24/h2-21H,1H3. The van der Waals surface area contributed by atoms with Crippen molar-refractivity contribution in [3.63, 3.8) is 0 Å². The van der Waals surface area contributed by atoms with E-state index in [0.29, 0.717) is 0 Å². The molecule has 33 heavy (non-hydrogen) atoms. The van der Waals surface area contributed by atoms with Crippen molar-refractivity contribution in [1.82, 2.24) is 0 Å². The van der Waals surface area contributed by atoms with Crippen molar-refractivity contribution < 1.29 is 4.42 Å². The van der Waals surface area contributed by atoms with E-state index in [-0.39, 0.29) is 0 Å². The molecule has 0 fully saturated rings. The highest BCUT2D eigenvalue weighted by molar-refractivity contribution is 6.05. The molecule has 5 aromatic carbocycles. The number of hydrogen-bond donors (Lipinski definition) is 0. The van der Waals surface area contributed by atoms with Gasteiger partial charge in [-0.1, -0.05) is 84.9 Å². The van der Waals surface area contributed by atoms with Crippen LogP contribution in [0.1, 0.15) is 0 Å². The maximum absolute atomic E-state index is 6.08. The van der Waals surface area contributed by atoms with Gasteiger partial charge in [0.05, 0.1) is 0 Å². The normalized spacial score (nSPS) is 11.2. The summed E-state index contributed by atoms with van der Waals surface area (Å²) in [6.45, 7) is 0.